The van der Waals surface area contributed by atoms with Crippen LogP contribution in [0.1, 0.15) is 6.92 Å². The topological polar surface area (TPSA) is 17.1 Å². The van der Waals surface area contributed by atoms with Gasteiger partial charge in [0.2, 0.25) is 0 Å². The van der Waals surface area contributed by atoms with Crippen LogP contribution in [0.25, 0.3) is 0 Å². The first-order chi connectivity index (χ1) is 3.18. The van der Waals surface area contributed by atoms with Crippen molar-refractivity contribution >= 4 is 23.3 Å². The molecule has 0 N–H and O–H groups in total. The van der Waals surface area contributed by atoms with Gasteiger partial charge in [0.25, 0.3) is 0 Å². The number of carbonyl (C=O) groups is 1. The van der Waals surface area contributed by atoms with Crippen LogP contribution in [0.5, 0.6) is 0 Å². The van der Waals surface area contributed by atoms with Gasteiger partial charge in [0, 0.05) is 0 Å². The van der Waals surface area contributed by atoms with Gasteiger partial charge in [-0.15, -0.1) is 9.24 Å². The lowest BCUT2D eigenvalue weighted by molar-refractivity contribution is -0.109. The van der Waals surface area contributed by atoms with E-state index < -0.39 is 8.53 Å². The molecule has 0 saturated carbocycles. The number of carbonyl (C=O) groups excluding carboxylic acids is 1. The minimum absolute atomic E-state index is 0.00463. The molecule has 0 amide bonds. The van der Waals surface area contributed by atoms with Crippen LogP contribution in [0, 0.1) is 0 Å². The SMILES string of the molecule is [2H]P(CP)C(C)=O. The molecule has 0 aliphatic rings. The fraction of sp³-hybridized carbons (Fsp3) is 0.667. The maximum absolute atomic E-state index is 10.2. The van der Waals surface area contributed by atoms with E-state index >= 15 is 0 Å². The molecule has 0 aromatic carbocycles. The summed E-state index contributed by atoms with van der Waals surface area (Å²) >= 11 is 0. The second kappa shape index (κ2) is 3.71. The summed E-state index contributed by atoms with van der Waals surface area (Å²) in [6.07, 6.45) is 0. The zero-order valence-corrected chi connectivity index (χ0v) is 5.69. The molecule has 6 heavy (non-hydrogen) atoms. The van der Waals surface area contributed by atoms with E-state index in [1.54, 1.807) is 0 Å². The highest BCUT2D eigenvalue weighted by molar-refractivity contribution is 7.63. The van der Waals surface area contributed by atoms with E-state index in [0.29, 0.717) is 5.90 Å². The van der Waals surface area contributed by atoms with Crippen molar-refractivity contribution in [3.05, 3.63) is 0 Å². The second-order valence-corrected chi connectivity index (χ2v) is 3.27. The molecule has 2 atom stereocenters. The van der Waals surface area contributed by atoms with Crippen LogP contribution in [-0.2, 0) is 4.79 Å². The summed E-state index contributed by atoms with van der Waals surface area (Å²) in [6, 6.07) is 0. The quantitative estimate of drug-likeness (QED) is 0.501. The second-order valence-electron chi connectivity index (χ2n) is 0.860. The lowest BCUT2D eigenvalue weighted by Gasteiger charge is -1.81. The monoisotopic (exact) mass is 123 g/mol. The Kier molecular flexibility index (Phi) is 2.90. The molecule has 2 unspecified atom stereocenters. The van der Waals surface area contributed by atoms with E-state index in [9.17, 15) is 4.79 Å². The van der Waals surface area contributed by atoms with E-state index in [0.717, 1.165) is 0 Å². The zero-order valence-electron chi connectivity index (χ0n) is 4.64. The largest absolute Gasteiger partial charge is 0.295 e. The third-order valence-electron chi connectivity index (χ3n) is 0.314. The van der Waals surface area contributed by atoms with Crippen molar-refractivity contribution in [3.63, 3.8) is 0 Å². The molecule has 0 rings (SSSR count). The minimum atomic E-state index is -1.06. The van der Waals surface area contributed by atoms with Gasteiger partial charge in [-0.3, -0.25) is 4.79 Å². The minimum Gasteiger partial charge on any atom is -0.295 e. The number of hydrogen-bond donors (Lipinski definition) is 0. The van der Waals surface area contributed by atoms with Crippen molar-refractivity contribution in [3.8, 4) is 0 Å². The maximum atomic E-state index is 10.2. The predicted octanol–water partition coefficient (Wildman–Crippen LogP) is 1.04. The Hall–Kier alpha value is 0.530. The molecule has 0 fully saturated rings. The fourth-order valence-corrected chi connectivity index (χ4v) is 1.16. The number of hydrogen-bond acceptors (Lipinski definition) is 1. The summed E-state index contributed by atoms with van der Waals surface area (Å²) in [5, 5.41) is 0. The third kappa shape index (κ3) is 4.53. The Bertz CT molecular complexity index is 75.3. The molecular formula is C3H8OP2. The molecule has 0 saturated heterocycles. The van der Waals surface area contributed by atoms with Crippen molar-refractivity contribution in [2.75, 3.05) is 5.90 Å². The zero-order chi connectivity index (χ0) is 5.86. The highest BCUT2D eigenvalue weighted by atomic mass is 31.1. The molecule has 0 aliphatic heterocycles. The molecule has 0 aromatic rings. The summed E-state index contributed by atoms with van der Waals surface area (Å²) in [7, 11) is 1.32. The van der Waals surface area contributed by atoms with Crippen LogP contribution < -0.4 is 0 Å². The molecule has 1 nitrogen and oxygen atoms in total. The Morgan fingerprint density at radius 3 is 2.83 bits per heavy atom. The van der Waals surface area contributed by atoms with Gasteiger partial charge < -0.3 is 0 Å². The van der Waals surface area contributed by atoms with Gasteiger partial charge in [-0.25, -0.2) is 0 Å². The van der Waals surface area contributed by atoms with Crippen LogP contribution in [-0.4, -0.2) is 12.7 Å². The van der Waals surface area contributed by atoms with Gasteiger partial charge in [0.1, 0.15) is 5.52 Å². The van der Waals surface area contributed by atoms with Gasteiger partial charge in [-0.2, -0.15) is 0 Å². The predicted molar refractivity (Wildman–Crippen MR) is 33.6 cm³/mol. The van der Waals surface area contributed by atoms with Gasteiger partial charge in [0.15, 0.2) is 0 Å². The Balaban J connectivity index is 3.34. The van der Waals surface area contributed by atoms with Crippen molar-refractivity contribution in [1.29, 1.82) is 1.28 Å². The van der Waals surface area contributed by atoms with Crippen LogP contribution in [0.3, 0.4) is 0 Å². The summed E-state index contributed by atoms with van der Waals surface area (Å²) in [5.41, 5.74) is 0.00463. The Morgan fingerprint density at radius 2 is 2.83 bits per heavy atom. The first-order valence-corrected chi connectivity index (χ1v) is 3.55. The van der Waals surface area contributed by atoms with Crippen molar-refractivity contribution < 1.29 is 4.79 Å². The van der Waals surface area contributed by atoms with E-state index in [-0.39, 0.29) is 5.52 Å². The van der Waals surface area contributed by atoms with Crippen LogP contribution >= 0.6 is 17.8 Å². The summed E-state index contributed by atoms with van der Waals surface area (Å²) in [6.45, 7) is 1.46. The highest BCUT2D eigenvalue weighted by Crippen LogP contribution is 2.12. The molecular weight excluding hydrogens is 114 g/mol. The lowest BCUT2D eigenvalue weighted by Crippen LogP contribution is -1.72. The van der Waals surface area contributed by atoms with Gasteiger partial charge >= 0.3 is 0 Å². The Labute approximate surface area is 43.2 Å². The van der Waals surface area contributed by atoms with E-state index in [4.69, 9.17) is 1.28 Å². The van der Waals surface area contributed by atoms with Crippen LogP contribution in [0.4, 0.5) is 0 Å². The van der Waals surface area contributed by atoms with E-state index in [1.165, 1.54) is 6.92 Å². The molecule has 36 valence electrons. The van der Waals surface area contributed by atoms with Gasteiger partial charge in [-0.1, -0.05) is 0 Å². The molecule has 0 spiro atoms. The lowest BCUT2D eigenvalue weighted by atomic mass is 10.9. The Morgan fingerprint density at radius 1 is 2.33 bits per heavy atom. The summed E-state index contributed by atoms with van der Waals surface area (Å²) in [4.78, 5) is 10.2. The van der Waals surface area contributed by atoms with Crippen molar-refractivity contribution in [2.45, 2.75) is 6.92 Å². The maximum Gasteiger partial charge on any atom is 0.148 e. The molecule has 0 heterocycles. The normalized spacial score (nSPS) is 16.0. The molecule has 0 aromatic heterocycles. The first-order valence-electron chi connectivity index (χ1n) is 2.10. The van der Waals surface area contributed by atoms with Crippen LogP contribution in [0.15, 0.2) is 0 Å². The number of rotatable bonds is 2. The third-order valence-corrected chi connectivity index (χ3v) is 1.49. The summed E-state index contributed by atoms with van der Waals surface area (Å²) in [5.74, 6) is 0.616. The standard InChI is InChI=1S/C3H8OP2/c1-3(4)6-2-5/h6H,2,5H2,1H3/i6D. The molecule has 0 bridgehead atoms. The van der Waals surface area contributed by atoms with E-state index in [2.05, 4.69) is 9.24 Å². The van der Waals surface area contributed by atoms with Crippen molar-refractivity contribution in [2.24, 2.45) is 0 Å². The highest BCUT2D eigenvalue weighted by Gasteiger charge is 1.83. The smallest absolute Gasteiger partial charge is 0.148 e. The van der Waals surface area contributed by atoms with Gasteiger partial charge in [-0.05, 0) is 21.4 Å². The van der Waals surface area contributed by atoms with E-state index in [1.807, 2.05) is 0 Å². The first kappa shape index (κ1) is 4.68. The molecule has 0 radical (unpaired) electrons. The molecule has 3 heteroatoms. The van der Waals surface area contributed by atoms with Gasteiger partial charge in [0.05, 0.1) is 1.28 Å². The average molecular weight is 123 g/mol. The fourth-order valence-electron chi connectivity index (χ4n) is 0.129. The van der Waals surface area contributed by atoms with Crippen LogP contribution in [0.2, 0.25) is 0 Å². The summed E-state index contributed by atoms with van der Waals surface area (Å²) < 4.78 is 6.97. The average Bonchev–Trinajstić information content (AvgIpc) is 1.65. The van der Waals surface area contributed by atoms with Crippen molar-refractivity contribution in [1.82, 2.24) is 0 Å². The molecule has 0 aliphatic carbocycles.